The van der Waals surface area contributed by atoms with Crippen molar-refractivity contribution in [1.29, 1.82) is 0 Å². The van der Waals surface area contributed by atoms with Gasteiger partial charge in [-0.3, -0.25) is 0 Å². The molecule has 0 aliphatic carbocycles. The van der Waals surface area contributed by atoms with Crippen LogP contribution in [0.3, 0.4) is 0 Å². The summed E-state index contributed by atoms with van der Waals surface area (Å²) in [7, 11) is -3.58. The van der Waals surface area contributed by atoms with Crippen molar-refractivity contribution in [2.24, 2.45) is 5.92 Å². The van der Waals surface area contributed by atoms with Gasteiger partial charge in [0.1, 0.15) is 0 Å². The van der Waals surface area contributed by atoms with Crippen molar-refractivity contribution in [3.8, 4) is 0 Å². The predicted molar refractivity (Wildman–Crippen MR) is 75.0 cm³/mol. The molecule has 0 radical (unpaired) electrons. The molecule has 0 aromatic heterocycles. The molecule has 1 heterocycles. The van der Waals surface area contributed by atoms with Crippen LogP contribution in [0.25, 0.3) is 0 Å². The minimum atomic E-state index is -3.58. The smallest absolute Gasteiger partial charge is 0.243 e. The molecular weight excluding hydrogens is 309 g/mol. The average molecular weight is 324 g/mol. The summed E-state index contributed by atoms with van der Waals surface area (Å²) in [5, 5.41) is 10.2. The molecular formula is C12H15Cl2NO3S. The lowest BCUT2D eigenvalue weighted by Gasteiger charge is -2.33. The highest BCUT2D eigenvalue weighted by molar-refractivity contribution is 7.89. The van der Waals surface area contributed by atoms with E-state index < -0.39 is 16.1 Å². The standard InChI is InChI=1S/C12H15Cl2NO3S/c1-8-7-15(5-4-12(8)16)19(17,18)9-2-3-10(13)11(14)6-9/h2-3,6,8,12,16H,4-5,7H2,1H3. The van der Waals surface area contributed by atoms with Gasteiger partial charge in [0.15, 0.2) is 0 Å². The summed E-state index contributed by atoms with van der Waals surface area (Å²) in [5.41, 5.74) is 0. The SMILES string of the molecule is CC1CN(S(=O)(=O)c2ccc(Cl)c(Cl)c2)CCC1O. The molecule has 0 spiro atoms. The number of nitrogens with zero attached hydrogens (tertiary/aromatic N) is 1. The largest absolute Gasteiger partial charge is 0.393 e. The van der Waals surface area contributed by atoms with Crippen LogP contribution in [-0.2, 0) is 10.0 Å². The van der Waals surface area contributed by atoms with Gasteiger partial charge >= 0.3 is 0 Å². The lowest BCUT2D eigenvalue weighted by Crippen LogP contribution is -2.44. The minimum Gasteiger partial charge on any atom is -0.393 e. The third-order valence-electron chi connectivity index (χ3n) is 3.35. The summed E-state index contributed by atoms with van der Waals surface area (Å²) in [6.45, 7) is 2.46. The number of halogens is 2. The van der Waals surface area contributed by atoms with Crippen LogP contribution < -0.4 is 0 Å². The summed E-state index contributed by atoms with van der Waals surface area (Å²) >= 11 is 11.6. The first-order chi connectivity index (χ1) is 8.82. The highest BCUT2D eigenvalue weighted by atomic mass is 35.5. The number of hydrogen-bond donors (Lipinski definition) is 1. The maximum Gasteiger partial charge on any atom is 0.243 e. The Bertz CT molecular complexity index is 576. The van der Waals surface area contributed by atoms with E-state index in [9.17, 15) is 13.5 Å². The minimum absolute atomic E-state index is 0.0775. The lowest BCUT2D eigenvalue weighted by atomic mass is 9.99. The Labute approximate surface area is 123 Å². The monoisotopic (exact) mass is 323 g/mol. The van der Waals surface area contributed by atoms with Crippen LogP contribution in [0.5, 0.6) is 0 Å². The molecule has 19 heavy (non-hydrogen) atoms. The van der Waals surface area contributed by atoms with Crippen molar-refractivity contribution in [2.75, 3.05) is 13.1 Å². The Morgan fingerprint density at radius 3 is 2.58 bits per heavy atom. The van der Waals surface area contributed by atoms with Gasteiger partial charge in [-0.15, -0.1) is 0 Å². The van der Waals surface area contributed by atoms with Crippen molar-refractivity contribution in [3.63, 3.8) is 0 Å². The van der Waals surface area contributed by atoms with Gasteiger partial charge < -0.3 is 5.11 Å². The summed E-state index contributed by atoms with van der Waals surface area (Å²) in [6, 6.07) is 4.27. The summed E-state index contributed by atoms with van der Waals surface area (Å²) in [6.07, 6.45) is 0.00194. The van der Waals surface area contributed by atoms with E-state index in [-0.39, 0.29) is 15.8 Å². The number of sulfonamides is 1. The second-order valence-electron chi connectivity index (χ2n) is 4.77. The second kappa shape index (κ2) is 5.58. The molecule has 2 rings (SSSR count). The predicted octanol–water partition coefficient (Wildman–Crippen LogP) is 2.38. The van der Waals surface area contributed by atoms with E-state index in [0.29, 0.717) is 24.5 Å². The Morgan fingerprint density at radius 1 is 1.32 bits per heavy atom. The number of benzene rings is 1. The van der Waals surface area contributed by atoms with Gasteiger partial charge in [0.25, 0.3) is 0 Å². The second-order valence-corrected chi connectivity index (χ2v) is 7.52. The van der Waals surface area contributed by atoms with Crippen LogP contribution >= 0.6 is 23.2 Å². The van der Waals surface area contributed by atoms with E-state index in [0.717, 1.165) is 0 Å². The molecule has 0 amide bonds. The highest BCUT2D eigenvalue weighted by Crippen LogP contribution is 2.28. The van der Waals surface area contributed by atoms with E-state index in [1.807, 2.05) is 6.92 Å². The lowest BCUT2D eigenvalue weighted by molar-refractivity contribution is 0.0628. The van der Waals surface area contributed by atoms with Crippen molar-refractivity contribution in [2.45, 2.75) is 24.3 Å². The molecule has 0 bridgehead atoms. The Kier molecular flexibility index (Phi) is 4.42. The van der Waals surface area contributed by atoms with E-state index in [2.05, 4.69) is 0 Å². The molecule has 1 N–H and O–H groups in total. The molecule has 1 saturated heterocycles. The van der Waals surface area contributed by atoms with E-state index >= 15 is 0 Å². The van der Waals surface area contributed by atoms with Gasteiger partial charge in [-0.25, -0.2) is 8.42 Å². The summed E-state index contributed by atoms with van der Waals surface area (Å²) < 4.78 is 26.3. The number of piperidine rings is 1. The third kappa shape index (κ3) is 3.06. The Morgan fingerprint density at radius 2 is 2.00 bits per heavy atom. The first kappa shape index (κ1) is 15.1. The zero-order valence-electron chi connectivity index (χ0n) is 10.4. The van der Waals surface area contributed by atoms with Crippen molar-refractivity contribution >= 4 is 33.2 Å². The molecule has 2 atom stereocenters. The van der Waals surface area contributed by atoms with Crippen LogP contribution in [0, 0.1) is 5.92 Å². The van der Waals surface area contributed by atoms with E-state index in [1.54, 1.807) is 0 Å². The van der Waals surface area contributed by atoms with E-state index in [4.69, 9.17) is 23.2 Å². The topological polar surface area (TPSA) is 57.6 Å². The third-order valence-corrected chi connectivity index (χ3v) is 5.95. The van der Waals surface area contributed by atoms with E-state index in [1.165, 1.54) is 22.5 Å². The molecule has 7 heteroatoms. The fourth-order valence-electron chi connectivity index (χ4n) is 2.10. The van der Waals surface area contributed by atoms with Crippen molar-refractivity contribution in [3.05, 3.63) is 28.2 Å². The normalized spacial score (nSPS) is 25.5. The van der Waals surface area contributed by atoms with Crippen molar-refractivity contribution in [1.82, 2.24) is 4.31 Å². The number of aliphatic hydroxyl groups is 1. The highest BCUT2D eigenvalue weighted by Gasteiger charge is 2.32. The fraction of sp³-hybridized carbons (Fsp3) is 0.500. The zero-order valence-corrected chi connectivity index (χ0v) is 12.7. The Balaban J connectivity index is 2.29. The summed E-state index contributed by atoms with van der Waals surface area (Å²) in [5.74, 6) is -0.0775. The van der Waals surface area contributed by atoms with Gasteiger partial charge in [0.2, 0.25) is 10.0 Å². The molecule has 1 aliphatic rings. The Hall–Kier alpha value is -0.330. The number of hydrogen-bond acceptors (Lipinski definition) is 3. The van der Waals surface area contributed by atoms with Crippen LogP contribution in [0.4, 0.5) is 0 Å². The maximum absolute atomic E-state index is 12.4. The van der Waals surface area contributed by atoms with Crippen LogP contribution in [-0.4, -0.2) is 37.0 Å². The van der Waals surface area contributed by atoms with Gasteiger partial charge in [-0.05, 0) is 30.5 Å². The van der Waals surface area contributed by atoms with Crippen LogP contribution in [0.1, 0.15) is 13.3 Å². The number of rotatable bonds is 2. The quantitative estimate of drug-likeness (QED) is 0.909. The zero-order chi connectivity index (χ0) is 14.2. The summed E-state index contributed by atoms with van der Waals surface area (Å²) in [4.78, 5) is 0.130. The maximum atomic E-state index is 12.4. The van der Waals surface area contributed by atoms with Gasteiger partial charge in [-0.2, -0.15) is 4.31 Å². The first-order valence-corrected chi connectivity index (χ1v) is 8.15. The molecule has 1 aromatic carbocycles. The first-order valence-electron chi connectivity index (χ1n) is 5.95. The molecule has 1 aliphatic heterocycles. The molecule has 4 nitrogen and oxygen atoms in total. The average Bonchev–Trinajstić information content (AvgIpc) is 2.35. The van der Waals surface area contributed by atoms with Gasteiger partial charge in [-0.1, -0.05) is 30.1 Å². The van der Waals surface area contributed by atoms with Crippen molar-refractivity contribution < 1.29 is 13.5 Å². The molecule has 0 saturated carbocycles. The molecule has 1 aromatic rings. The molecule has 2 unspecified atom stereocenters. The van der Waals surface area contributed by atoms with Gasteiger partial charge in [0.05, 0.1) is 21.0 Å². The van der Waals surface area contributed by atoms with Crippen LogP contribution in [0.2, 0.25) is 10.0 Å². The molecule has 106 valence electrons. The van der Waals surface area contributed by atoms with Crippen LogP contribution in [0.15, 0.2) is 23.1 Å². The fourth-order valence-corrected chi connectivity index (χ4v) is 4.04. The van der Waals surface area contributed by atoms with Gasteiger partial charge in [0, 0.05) is 13.1 Å². The molecule has 1 fully saturated rings. The number of aliphatic hydroxyl groups excluding tert-OH is 1.